The van der Waals surface area contributed by atoms with E-state index in [0.717, 1.165) is 17.2 Å². The van der Waals surface area contributed by atoms with Crippen molar-refractivity contribution in [3.8, 4) is 0 Å². The molecule has 0 aliphatic heterocycles. The van der Waals surface area contributed by atoms with Crippen LogP contribution in [0.15, 0.2) is 11.4 Å². The average molecular weight is 232 g/mol. The quantitative estimate of drug-likeness (QED) is 0.838. The molecule has 2 N–H and O–H groups in total. The first-order chi connectivity index (χ1) is 6.65. The molecule has 1 aromatic heterocycles. The first-order valence-corrected chi connectivity index (χ1v) is 6.09. The number of rotatable bonds is 3. The van der Waals surface area contributed by atoms with Crippen LogP contribution in [0.2, 0.25) is 4.34 Å². The molecule has 0 amide bonds. The lowest BCUT2D eigenvalue weighted by Crippen LogP contribution is -2.44. The molecule has 1 fully saturated rings. The first-order valence-electron chi connectivity index (χ1n) is 4.83. The van der Waals surface area contributed by atoms with Crippen LogP contribution >= 0.6 is 22.9 Å². The van der Waals surface area contributed by atoms with Gasteiger partial charge in [0.25, 0.3) is 0 Å². The zero-order valence-electron chi connectivity index (χ0n) is 8.03. The highest BCUT2D eigenvalue weighted by atomic mass is 35.5. The van der Waals surface area contributed by atoms with Gasteiger partial charge >= 0.3 is 0 Å². The second-order valence-electron chi connectivity index (χ2n) is 3.89. The molecule has 0 radical (unpaired) electrons. The van der Waals surface area contributed by atoms with Crippen LogP contribution in [-0.4, -0.2) is 17.3 Å². The molecule has 78 valence electrons. The van der Waals surface area contributed by atoms with Gasteiger partial charge in [-0.15, -0.1) is 11.3 Å². The van der Waals surface area contributed by atoms with Crippen LogP contribution in [0, 0.1) is 0 Å². The summed E-state index contributed by atoms with van der Waals surface area (Å²) in [5.41, 5.74) is 1.24. The monoisotopic (exact) mass is 231 g/mol. The minimum atomic E-state index is -0.0919. The number of halogens is 1. The van der Waals surface area contributed by atoms with Crippen LogP contribution in [0.1, 0.15) is 31.4 Å². The van der Waals surface area contributed by atoms with Gasteiger partial charge in [-0.3, -0.25) is 0 Å². The van der Waals surface area contributed by atoms with Crippen molar-refractivity contribution in [1.82, 2.24) is 5.32 Å². The van der Waals surface area contributed by atoms with Crippen molar-refractivity contribution in [2.24, 2.45) is 0 Å². The van der Waals surface area contributed by atoms with Crippen LogP contribution in [0.5, 0.6) is 0 Å². The Bertz CT molecular complexity index is 309. The van der Waals surface area contributed by atoms with Crippen molar-refractivity contribution < 1.29 is 5.11 Å². The molecule has 1 aliphatic carbocycles. The highest BCUT2D eigenvalue weighted by Crippen LogP contribution is 2.27. The molecule has 1 unspecified atom stereocenters. The lowest BCUT2D eigenvalue weighted by Gasteiger charge is -2.34. The van der Waals surface area contributed by atoms with Gasteiger partial charge in [0.15, 0.2) is 0 Å². The predicted octanol–water partition coefficient (Wildman–Crippen LogP) is 2.58. The third-order valence-corrected chi connectivity index (χ3v) is 3.80. The van der Waals surface area contributed by atoms with Crippen molar-refractivity contribution in [3.63, 3.8) is 0 Å². The van der Waals surface area contributed by atoms with E-state index in [1.165, 1.54) is 5.56 Å². The molecule has 1 aliphatic rings. The number of hydrogen-bond donors (Lipinski definition) is 2. The average Bonchev–Trinajstić information content (AvgIpc) is 2.49. The third-order valence-electron chi connectivity index (χ3n) is 2.69. The molecular weight excluding hydrogens is 218 g/mol. The summed E-state index contributed by atoms with van der Waals surface area (Å²) in [7, 11) is 0. The zero-order valence-corrected chi connectivity index (χ0v) is 9.61. The predicted molar refractivity (Wildman–Crippen MR) is 59.9 cm³/mol. The second kappa shape index (κ2) is 4.19. The van der Waals surface area contributed by atoms with E-state index in [2.05, 4.69) is 17.6 Å². The van der Waals surface area contributed by atoms with Crippen molar-refractivity contribution in [2.45, 2.75) is 38.0 Å². The lowest BCUT2D eigenvalue weighted by atomic mass is 9.88. The summed E-state index contributed by atoms with van der Waals surface area (Å²) >= 11 is 7.42. The van der Waals surface area contributed by atoms with E-state index >= 15 is 0 Å². The normalized spacial score (nSPS) is 28.5. The van der Waals surface area contributed by atoms with E-state index in [-0.39, 0.29) is 6.10 Å². The van der Waals surface area contributed by atoms with Crippen molar-refractivity contribution in [1.29, 1.82) is 0 Å². The lowest BCUT2D eigenvalue weighted by molar-refractivity contribution is 0.0586. The third kappa shape index (κ3) is 2.28. The molecule has 0 bridgehead atoms. The Balaban J connectivity index is 1.86. The molecule has 1 heterocycles. The number of aliphatic hydroxyl groups excluding tert-OH is 1. The molecular formula is C10H14ClNOS. The molecule has 1 saturated carbocycles. The van der Waals surface area contributed by atoms with Gasteiger partial charge in [-0.1, -0.05) is 11.6 Å². The van der Waals surface area contributed by atoms with Crippen LogP contribution in [-0.2, 0) is 0 Å². The number of thiophene rings is 1. The summed E-state index contributed by atoms with van der Waals surface area (Å²) < 4.78 is 0.835. The minimum absolute atomic E-state index is 0.0919. The topological polar surface area (TPSA) is 32.3 Å². The molecule has 0 aromatic carbocycles. The molecule has 0 spiro atoms. The van der Waals surface area contributed by atoms with Crippen molar-refractivity contribution >= 4 is 22.9 Å². The Hall–Kier alpha value is -0.0900. The Kier molecular flexibility index (Phi) is 3.12. The fourth-order valence-electron chi connectivity index (χ4n) is 1.72. The second-order valence-corrected chi connectivity index (χ2v) is 5.44. The van der Waals surface area contributed by atoms with E-state index < -0.39 is 0 Å². The Labute approximate surface area is 92.9 Å². The molecule has 2 rings (SSSR count). The van der Waals surface area contributed by atoms with Gasteiger partial charge in [0.1, 0.15) is 0 Å². The van der Waals surface area contributed by atoms with Gasteiger partial charge in [0.05, 0.1) is 10.4 Å². The Morgan fingerprint density at radius 1 is 1.64 bits per heavy atom. The molecule has 14 heavy (non-hydrogen) atoms. The maximum absolute atomic E-state index is 9.15. The highest BCUT2D eigenvalue weighted by Gasteiger charge is 2.28. The maximum Gasteiger partial charge on any atom is 0.0931 e. The van der Waals surface area contributed by atoms with Crippen LogP contribution in [0.25, 0.3) is 0 Å². The molecule has 1 atom stereocenters. The fraction of sp³-hybridized carbons (Fsp3) is 0.600. The molecule has 4 heteroatoms. The summed E-state index contributed by atoms with van der Waals surface area (Å²) in [4.78, 5) is 0. The fourth-order valence-corrected chi connectivity index (χ4v) is 2.71. The van der Waals surface area contributed by atoms with Gasteiger partial charge in [0.2, 0.25) is 0 Å². The van der Waals surface area contributed by atoms with Crippen molar-refractivity contribution in [2.75, 3.05) is 0 Å². The standard InChI is InChI=1S/C10H14ClNOS/c1-6(7-2-10(11)14-5-7)12-8-3-9(13)4-8/h2,5-6,8-9,12-13H,3-4H2,1H3. The molecule has 1 aromatic rings. The summed E-state index contributed by atoms with van der Waals surface area (Å²) in [6.07, 6.45) is 1.66. The van der Waals surface area contributed by atoms with Crippen molar-refractivity contribution in [3.05, 3.63) is 21.3 Å². The van der Waals surface area contributed by atoms with Gasteiger partial charge in [0, 0.05) is 12.1 Å². The number of nitrogens with one attached hydrogen (secondary N) is 1. The number of aliphatic hydroxyl groups is 1. The van der Waals surface area contributed by atoms with E-state index in [1.807, 2.05) is 6.07 Å². The summed E-state index contributed by atoms with van der Waals surface area (Å²) in [6.45, 7) is 2.13. The molecule has 2 nitrogen and oxygen atoms in total. The summed E-state index contributed by atoms with van der Waals surface area (Å²) in [5.74, 6) is 0. The Morgan fingerprint density at radius 2 is 2.36 bits per heavy atom. The summed E-state index contributed by atoms with van der Waals surface area (Å²) in [5, 5.41) is 14.7. The highest BCUT2D eigenvalue weighted by molar-refractivity contribution is 7.14. The molecule has 0 saturated heterocycles. The summed E-state index contributed by atoms with van der Waals surface area (Å²) in [6, 6.07) is 2.80. The zero-order chi connectivity index (χ0) is 10.1. The van der Waals surface area contributed by atoms with Gasteiger partial charge < -0.3 is 10.4 Å². The maximum atomic E-state index is 9.15. The van der Waals surface area contributed by atoms with Crippen LogP contribution in [0.3, 0.4) is 0 Å². The number of hydrogen-bond acceptors (Lipinski definition) is 3. The smallest absolute Gasteiger partial charge is 0.0931 e. The van der Waals surface area contributed by atoms with Gasteiger partial charge in [-0.25, -0.2) is 0 Å². The van der Waals surface area contributed by atoms with E-state index in [0.29, 0.717) is 12.1 Å². The van der Waals surface area contributed by atoms with E-state index in [4.69, 9.17) is 16.7 Å². The van der Waals surface area contributed by atoms with E-state index in [9.17, 15) is 0 Å². The van der Waals surface area contributed by atoms with Crippen LogP contribution < -0.4 is 5.32 Å². The van der Waals surface area contributed by atoms with Crippen LogP contribution in [0.4, 0.5) is 0 Å². The van der Waals surface area contributed by atoms with E-state index in [1.54, 1.807) is 11.3 Å². The minimum Gasteiger partial charge on any atom is -0.393 e. The van der Waals surface area contributed by atoms with Gasteiger partial charge in [-0.05, 0) is 36.8 Å². The SMILES string of the molecule is CC(NC1CC(O)C1)c1csc(Cl)c1. The van der Waals surface area contributed by atoms with Gasteiger partial charge in [-0.2, -0.15) is 0 Å². The largest absolute Gasteiger partial charge is 0.393 e. The first kappa shape index (κ1) is 10.4. The Morgan fingerprint density at radius 3 is 2.86 bits per heavy atom.